The van der Waals surface area contributed by atoms with Crippen molar-refractivity contribution in [1.82, 2.24) is 15.5 Å². The molecule has 6 heteroatoms. The highest BCUT2D eigenvalue weighted by atomic mass is 16.3. The molecular formula is C23H37N3O3. The van der Waals surface area contributed by atoms with Gasteiger partial charge in [-0.05, 0) is 49.8 Å². The lowest BCUT2D eigenvalue weighted by Gasteiger charge is -2.33. The van der Waals surface area contributed by atoms with Gasteiger partial charge < -0.3 is 15.7 Å². The number of carbonyl (C=O) groups is 2. The Kier molecular flexibility index (Phi) is 8.65. The van der Waals surface area contributed by atoms with E-state index in [1.54, 1.807) is 0 Å². The topological polar surface area (TPSA) is 81.7 Å². The van der Waals surface area contributed by atoms with Gasteiger partial charge in [-0.1, -0.05) is 58.0 Å². The largest absolute Gasteiger partial charge is 0.391 e. The number of rotatable bonds is 9. The molecule has 29 heavy (non-hydrogen) atoms. The summed E-state index contributed by atoms with van der Waals surface area (Å²) in [7, 11) is 0. The summed E-state index contributed by atoms with van der Waals surface area (Å²) < 4.78 is 0. The van der Waals surface area contributed by atoms with E-state index in [9.17, 15) is 14.7 Å². The van der Waals surface area contributed by atoms with Crippen molar-refractivity contribution in [2.24, 2.45) is 5.41 Å². The van der Waals surface area contributed by atoms with Gasteiger partial charge in [0.05, 0.1) is 18.7 Å². The summed E-state index contributed by atoms with van der Waals surface area (Å²) in [6.07, 6.45) is 2.67. The van der Waals surface area contributed by atoms with Crippen LogP contribution in [0.5, 0.6) is 0 Å². The fourth-order valence-corrected chi connectivity index (χ4v) is 3.73. The lowest BCUT2D eigenvalue weighted by Crippen LogP contribution is -2.58. The van der Waals surface area contributed by atoms with E-state index in [1.807, 2.05) is 58.0 Å². The van der Waals surface area contributed by atoms with Crippen molar-refractivity contribution >= 4 is 11.8 Å². The third kappa shape index (κ3) is 7.44. The van der Waals surface area contributed by atoms with Gasteiger partial charge in [0.2, 0.25) is 11.8 Å². The maximum absolute atomic E-state index is 13.1. The zero-order chi connectivity index (χ0) is 21.4. The van der Waals surface area contributed by atoms with Crippen molar-refractivity contribution in [3.8, 4) is 0 Å². The number of hydrogen-bond donors (Lipinski definition) is 3. The van der Waals surface area contributed by atoms with Gasteiger partial charge in [0.1, 0.15) is 6.04 Å². The van der Waals surface area contributed by atoms with E-state index in [2.05, 4.69) is 15.5 Å². The molecule has 0 bridgehead atoms. The molecule has 3 N–H and O–H groups in total. The Labute approximate surface area is 175 Å². The zero-order valence-electron chi connectivity index (χ0n) is 18.3. The predicted molar refractivity (Wildman–Crippen MR) is 115 cm³/mol. The van der Waals surface area contributed by atoms with E-state index < -0.39 is 23.6 Å². The molecule has 0 unspecified atom stereocenters. The highest BCUT2D eigenvalue weighted by Gasteiger charge is 2.35. The van der Waals surface area contributed by atoms with Crippen LogP contribution >= 0.6 is 0 Å². The highest BCUT2D eigenvalue weighted by Crippen LogP contribution is 2.20. The molecule has 2 rings (SSSR count). The van der Waals surface area contributed by atoms with Crippen molar-refractivity contribution < 1.29 is 14.7 Å². The van der Waals surface area contributed by atoms with Gasteiger partial charge in [0, 0.05) is 0 Å². The van der Waals surface area contributed by atoms with Crippen LogP contribution in [0, 0.1) is 5.41 Å². The molecule has 0 aliphatic carbocycles. The Balaban J connectivity index is 2.06. The summed E-state index contributed by atoms with van der Waals surface area (Å²) in [4.78, 5) is 27.8. The molecular weight excluding hydrogens is 366 g/mol. The summed E-state index contributed by atoms with van der Waals surface area (Å²) in [5.41, 5.74) is 0.606. The first-order valence-corrected chi connectivity index (χ1v) is 10.7. The van der Waals surface area contributed by atoms with Gasteiger partial charge >= 0.3 is 0 Å². The smallest absolute Gasteiger partial charge is 0.243 e. The minimum absolute atomic E-state index is 0.127. The van der Waals surface area contributed by atoms with Crippen molar-refractivity contribution in [2.75, 3.05) is 19.6 Å². The monoisotopic (exact) mass is 403 g/mol. The van der Waals surface area contributed by atoms with Gasteiger partial charge in [0.25, 0.3) is 0 Å². The molecule has 2 amide bonds. The Bertz CT molecular complexity index is 651. The molecule has 162 valence electrons. The maximum Gasteiger partial charge on any atom is 0.243 e. The molecule has 1 heterocycles. The van der Waals surface area contributed by atoms with Crippen LogP contribution in [0.15, 0.2) is 30.3 Å². The van der Waals surface area contributed by atoms with Gasteiger partial charge in [-0.15, -0.1) is 0 Å². The highest BCUT2D eigenvalue weighted by molar-refractivity contribution is 5.89. The summed E-state index contributed by atoms with van der Waals surface area (Å²) in [6, 6.07) is 8.74. The molecule has 6 nitrogen and oxygen atoms in total. The molecule has 0 spiro atoms. The second-order valence-corrected chi connectivity index (χ2v) is 9.13. The quantitative estimate of drug-likeness (QED) is 0.590. The average molecular weight is 404 g/mol. The summed E-state index contributed by atoms with van der Waals surface area (Å²) in [5, 5.41) is 16.4. The minimum atomic E-state index is -0.667. The Morgan fingerprint density at radius 3 is 2.28 bits per heavy atom. The number of aliphatic hydroxyl groups is 1. The van der Waals surface area contributed by atoms with Gasteiger partial charge in [0.15, 0.2) is 0 Å². The molecule has 0 saturated carbocycles. The van der Waals surface area contributed by atoms with Crippen LogP contribution in [0.1, 0.15) is 52.5 Å². The average Bonchev–Trinajstić information content (AvgIpc) is 3.17. The minimum Gasteiger partial charge on any atom is -0.391 e. The van der Waals surface area contributed by atoms with Crippen molar-refractivity contribution in [3.63, 3.8) is 0 Å². The zero-order valence-corrected chi connectivity index (χ0v) is 18.3. The molecule has 1 aliphatic heterocycles. The SMILES string of the molecule is CC[C@@H](O)[C@H](Cc1ccccc1)NC(=O)[C@@H](NC(=O)CN1CCCC1)C(C)(C)C. The number of hydrogen-bond acceptors (Lipinski definition) is 4. The summed E-state index contributed by atoms with van der Waals surface area (Å²) in [6.45, 7) is 9.91. The van der Waals surface area contributed by atoms with E-state index in [0.29, 0.717) is 19.4 Å². The maximum atomic E-state index is 13.1. The predicted octanol–water partition coefficient (Wildman–Crippen LogP) is 2.11. The lowest BCUT2D eigenvalue weighted by molar-refractivity contribution is -0.133. The number of nitrogens with one attached hydrogen (secondary N) is 2. The second-order valence-electron chi connectivity index (χ2n) is 9.13. The number of likely N-dealkylation sites (tertiary alicyclic amines) is 1. The van der Waals surface area contributed by atoms with Crippen molar-refractivity contribution in [3.05, 3.63) is 35.9 Å². The first kappa shape index (κ1) is 23.4. The fraction of sp³-hybridized carbons (Fsp3) is 0.652. The molecule has 1 fully saturated rings. The van der Waals surface area contributed by atoms with Gasteiger partial charge in [-0.25, -0.2) is 0 Å². The lowest BCUT2D eigenvalue weighted by atomic mass is 9.85. The third-order valence-corrected chi connectivity index (χ3v) is 5.51. The Morgan fingerprint density at radius 1 is 1.10 bits per heavy atom. The first-order chi connectivity index (χ1) is 13.7. The molecule has 3 atom stereocenters. The Morgan fingerprint density at radius 2 is 1.72 bits per heavy atom. The molecule has 1 aromatic rings. The van der Waals surface area contributed by atoms with Crippen LogP contribution in [0.3, 0.4) is 0 Å². The van der Waals surface area contributed by atoms with Crippen molar-refractivity contribution in [1.29, 1.82) is 0 Å². The molecule has 1 aromatic carbocycles. The number of aliphatic hydroxyl groups excluding tert-OH is 1. The van der Waals surface area contributed by atoms with E-state index in [1.165, 1.54) is 0 Å². The summed E-state index contributed by atoms with van der Waals surface area (Å²) >= 11 is 0. The van der Waals surface area contributed by atoms with Crippen LogP contribution in [-0.2, 0) is 16.0 Å². The molecule has 0 radical (unpaired) electrons. The standard InChI is InChI=1S/C23H37N3O3/c1-5-19(27)18(15-17-11-7-6-8-12-17)24-22(29)21(23(2,3)4)25-20(28)16-26-13-9-10-14-26/h6-8,11-12,18-19,21,27H,5,9-10,13-16H2,1-4H3,(H,24,29)(H,25,28)/t18-,19+,21+/m0/s1. The number of benzene rings is 1. The van der Waals surface area contributed by atoms with Crippen LogP contribution < -0.4 is 10.6 Å². The van der Waals surface area contributed by atoms with Crippen LogP contribution in [0.2, 0.25) is 0 Å². The number of nitrogens with zero attached hydrogens (tertiary/aromatic N) is 1. The third-order valence-electron chi connectivity index (χ3n) is 5.51. The van der Waals surface area contributed by atoms with Crippen LogP contribution in [0.4, 0.5) is 0 Å². The molecule has 1 saturated heterocycles. The van der Waals surface area contributed by atoms with Gasteiger partial charge in [-0.3, -0.25) is 14.5 Å². The van der Waals surface area contributed by atoms with Crippen molar-refractivity contribution in [2.45, 2.75) is 71.6 Å². The molecule has 1 aliphatic rings. The van der Waals surface area contributed by atoms with Crippen LogP contribution in [-0.4, -0.2) is 59.6 Å². The number of amides is 2. The van der Waals surface area contributed by atoms with Gasteiger partial charge in [-0.2, -0.15) is 0 Å². The Hall–Kier alpha value is -1.92. The van der Waals surface area contributed by atoms with E-state index in [0.717, 1.165) is 31.5 Å². The summed E-state index contributed by atoms with van der Waals surface area (Å²) in [5.74, 6) is -0.377. The molecule has 0 aromatic heterocycles. The number of carbonyl (C=O) groups excluding carboxylic acids is 2. The first-order valence-electron chi connectivity index (χ1n) is 10.7. The van der Waals surface area contributed by atoms with E-state index in [-0.39, 0.29) is 11.8 Å². The van der Waals surface area contributed by atoms with Crippen LogP contribution in [0.25, 0.3) is 0 Å². The van der Waals surface area contributed by atoms with E-state index in [4.69, 9.17) is 0 Å². The van der Waals surface area contributed by atoms with E-state index >= 15 is 0 Å². The second kappa shape index (κ2) is 10.7. The fourth-order valence-electron chi connectivity index (χ4n) is 3.73. The normalized spacial score (nSPS) is 18.1.